The Hall–Kier alpha value is -1.27. The molecule has 2 N–H and O–H groups in total. The van der Waals surface area contributed by atoms with Crippen LogP contribution in [0.5, 0.6) is 0 Å². The fourth-order valence-electron chi connectivity index (χ4n) is 2.08. The summed E-state index contributed by atoms with van der Waals surface area (Å²) in [4.78, 5) is 2.14. The smallest absolute Gasteiger partial charge is 0.244 e. The van der Waals surface area contributed by atoms with Crippen molar-refractivity contribution in [1.82, 2.24) is 4.31 Å². The lowest BCUT2D eigenvalue weighted by molar-refractivity contribution is 0.419. The fraction of sp³-hybridized carbons (Fsp3) is 0.571. The lowest BCUT2D eigenvalue weighted by Gasteiger charge is -2.29. The van der Waals surface area contributed by atoms with Crippen molar-refractivity contribution in [3.63, 3.8) is 0 Å². The zero-order chi connectivity index (χ0) is 15.7. The predicted molar refractivity (Wildman–Crippen MR) is 84.5 cm³/mol. The highest BCUT2D eigenvalue weighted by atomic mass is 32.2. The summed E-state index contributed by atoms with van der Waals surface area (Å²) in [7, 11) is 1.39. The Kier molecular flexibility index (Phi) is 4.71. The molecule has 20 heavy (non-hydrogen) atoms. The minimum atomic E-state index is -3.53. The van der Waals surface area contributed by atoms with E-state index in [1.165, 1.54) is 18.4 Å². The van der Waals surface area contributed by atoms with E-state index in [0.717, 1.165) is 12.2 Å². The average Bonchev–Trinajstić information content (AvgIpc) is 2.26. The van der Waals surface area contributed by atoms with E-state index in [9.17, 15) is 8.42 Å². The molecular weight excluding hydrogens is 274 g/mol. The minimum Gasteiger partial charge on any atom is -0.396 e. The van der Waals surface area contributed by atoms with Crippen LogP contribution < -0.4 is 10.6 Å². The van der Waals surface area contributed by atoms with Crippen LogP contribution in [0.4, 0.5) is 11.4 Å². The number of anilines is 2. The van der Waals surface area contributed by atoms with E-state index >= 15 is 0 Å². The molecule has 114 valence electrons. The summed E-state index contributed by atoms with van der Waals surface area (Å²) in [5, 5.41) is 0. The van der Waals surface area contributed by atoms with Gasteiger partial charge in [0.2, 0.25) is 10.0 Å². The summed E-state index contributed by atoms with van der Waals surface area (Å²) in [5.74, 6) is 0. The van der Waals surface area contributed by atoms with E-state index in [4.69, 9.17) is 5.73 Å². The zero-order valence-corrected chi connectivity index (χ0v) is 14.0. The van der Waals surface area contributed by atoms with Crippen LogP contribution in [0, 0.1) is 5.41 Å². The maximum Gasteiger partial charge on any atom is 0.244 e. The Morgan fingerprint density at radius 3 is 2.15 bits per heavy atom. The fourth-order valence-corrected chi connectivity index (χ4v) is 3.11. The molecule has 5 nitrogen and oxygen atoms in total. The van der Waals surface area contributed by atoms with Gasteiger partial charge in [-0.05, 0) is 17.5 Å². The van der Waals surface area contributed by atoms with Crippen LogP contribution in [0.2, 0.25) is 0 Å². The van der Waals surface area contributed by atoms with Gasteiger partial charge in [-0.25, -0.2) is 12.7 Å². The van der Waals surface area contributed by atoms with E-state index in [0.29, 0.717) is 5.69 Å². The maximum absolute atomic E-state index is 12.2. The van der Waals surface area contributed by atoms with Crippen LogP contribution >= 0.6 is 0 Å². The van der Waals surface area contributed by atoms with Crippen molar-refractivity contribution in [1.29, 1.82) is 0 Å². The number of rotatable bonds is 4. The standard InChI is InChI=1S/C14H25N3O2S/c1-14(2,3)10-17(6)11-8-7-9-12(13(11)15)20(18,19)16(4)5/h7-9H,10,15H2,1-6H3. The van der Waals surface area contributed by atoms with Crippen molar-refractivity contribution >= 4 is 21.4 Å². The Labute approximate surface area is 122 Å². The molecule has 0 fully saturated rings. The molecule has 1 aromatic carbocycles. The van der Waals surface area contributed by atoms with E-state index in [2.05, 4.69) is 20.8 Å². The normalized spacial score (nSPS) is 12.8. The summed E-state index contributed by atoms with van der Waals surface area (Å²) in [5.41, 5.74) is 7.21. The van der Waals surface area contributed by atoms with Crippen molar-refractivity contribution in [2.75, 3.05) is 38.3 Å². The predicted octanol–water partition coefficient (Wildman–Crippen LogP) is 2.00. The Balaban J connectivity index is 3.27. The SMILES string of the molecule is CN(CC(C)(C)C)c1cccc(S(=O)(=O)N(C)C)c1N. The highest BCUT2D eigenvalue weighted by Crippen LogP contribution is 2.31. The van der Waals surface area contributed by atoms with Gasteiger partial charge in [-0.3, -0.25) is 0 Å². The number of sulfonamides is 1. The number of nitrogens with zero attached hydrogens (tertiary/aromatic N) is 2. The molecule has 0 radical (unpaired) electrons. The van der Waals surface area contributed by atoms with Gasteiger partial charge in [-0.2, -0.15) is 0 Å². The summed E-state index contributed by atoms with van der Waals surface area (Å²) >= 11 is 0. The topological polar surface area (TPSA) is 66.6 Å². The van der Waals surface area contributed by atoms with Gasteiger partial charge in [-0.1, -0.05) is 26.8 Å². The molecule has 0 aliphatic heterocycles. The molecule has 6 heteroatoms. The Morgan fingerprint density at radius 1 is 1.15 bits per heavy atom. The molecule has 0 aliphatic rings. The van der Waals surface area contributed by atoms with Gasteiger partial charge in [0, 0.05) is 27.7 Å². The second-order valence-electron chi connectivity index (χ2n) is 6.39. The number of nitrogens with two attached hydrogens (primary N) is 1. The molecule has 0 bridgehead atoms. The molecule has 1 aromatic rings. The zero-order valence-electron chi connectivity index (χ0n) is 13.1. The van der Waals surface area contributed by atoms with Gasteiger partial charge in [0.1, 0.15) is 4.90 Å². The van der Waals surface area contributed by atoms with Crippen molar-refractivity contribution in [3.8, 4) is 0 Å². The molecule has 0 aromatic heterocycles. The lowest BCUT2D eigenvalue weighted by atomic mass is 9.96. The first-order valence-corrected chi connectivity index (χ1v) is 7.93. The van der Waals surface area contributed by atoms with Crippen LogP contribution in [0.1, 0.15) is 20.8 Å². The van der Waals surface area contributed by atoms with Gasteiger partial charge in [0.15, 0.2) is 0 Å². The molecule has 0 aliphatic carbocycles. The second-order valence-corrected chi connectivity index (χ2v) is 8.51. The van der Waals surface area contributed by atoms with Crippen molar-refractivity contribution in [2.45, 2.75) is 25.7 Å². The molecule has 0 heterocycles. The summed E-state index contributed by atoms with van der Waals surface area (Å²) in [6.45, 7) is 7.16. The largest absolute Gasteiger partial charge is 0.396 e. The van der Waals surface area contributed by atoms with Gasteiger partial charge < -0.3 is 10.6 Å². The third kappa shape index (κ3) is 3.64. The number of hydrogen-bond acceptors (Lipinski definition) is 4. The second kappa shape index (κ2) is 5.61. The molecule has 0 spiro atoms. The molecule has 0 unspecified atom stereocenters. The lowest BCUT2D eigenvalue weighted by Crippen LogP contribution is -2.30. The summed E-state index contributed by atoms with van der Waals surface area (Å²) in [6, 6.07) is 5.11. The van der Waals surface area contributed by atoms with Crippen molar-refractivity contribution in [2.24, 2.45) is 5.41 Å². The Morgan fingerprint density at radius 2 is 1.70 bits per heavy atom. The maximum atomic E-state index is 12.2. The third-order valence-corrected chi connectivity index (χ3v) is 4.80. The Bertz CT molecular complexity index is 575. The average molecular weight is 299 g/mol. The van der Waals surface area contributed by atoms with Crippen molar-refractivity contribution < 1.29 is 8.42 Å². The number of para-hydroxylation sites is 1. The molecule has 1 rings (SSSR count). The molecular formula is C14H25N3O2S. The van der Waals surface area contributed by atoms with Crippen LogP contribution in [0.3, 0.4) is 0 Å². The molecule has 0 atom stereocenters. The molecule has 0 saturated heterocycles. The van der Waals surface area contributed by atoms with Gasteiger partial charge in [0.25, 0.3) is 0 Å². The number of nitrogen functional groups attached to an aromatic ring is 1. The molecule has 0 saturated carbocycles. The minimum absolute atomic E-state index is 0.0949. The van der Waals surface area contributed by atoms with Crippen LogP contribution in [-0.2, 0) is 10.0 Å². The van der Waals surface area contributed by atoms with Crippen LogP contribution in [0.25, 0.3) is 0 Å². The first-order chi connectivity index (χ1) is 8.97. The van der Waals surface area contributed by atoms with E-state index in [1.807, 2.05) is 18.0 Å². The summed E-state index contributed by atoms with van der Waals surface area (Å²) in [6.07, 6.45) is 0. The van der Waals surface area contributed by atoms with E-state index < -0.39 is 10.0 Å². The van der Waals surface area contributed by atoms with Gasteiger partial charge >= 0.3 is 0 Å². The first kappa shape index (κ1) is 16.8. The third-order valence-electron chi connectivity index (χ3n) is 2.92. The van der Waals surface area contributed by atoms with Crippen LogP contribution in [-0.4, -0.2) is 40.4 Å². The monoisotopic (exact) mass is 299 g/mol. The highest BCUT2D eigenvalue weighted by Gasteiger charge is 2.23. The van der Waals surface area contributed by atoms with E-state index in [-0.39, 0.29) is 10.3 Å². The number of benzene rings is 1. The highest BCUT2D eigenvalue weighted by molar-refractivity contribution is 7.89. The molecule has 0 amide bonds. The van der Waals surface area contributed by atoms with Gasteiger partial charge in [-0.15, -0.1) is 0 Å². The quantitative estimate of drug-likeness (QED) is 0.864. The van der Waals surface area contributed by atoms with Gasteiger partial charge in [0.05, 0.1) is 11.4 Å². The van der Waals surface area contributed by atoms with Crippen LogP contribution in [0.15, 0.2) is 23.1 Å². The first-order valence-electron chi connectivity index (χ1n) is 6.49. The summed E-state index contributed by atoms with van der Waals surface area (Å²) < 4.78 is 25.7. The van der Waals surface area contributed by atoms with E-state index in [1.54, 1.807) is 12.1 Å². The van der Waals surface area contributed by atoms with Crippen molar-refractivity contribution in [3.05, 3.63) is 18.2 Å². The number of hydrogen-bond donors (Lipinski definition) is 1.